The summed E-state index contributed by atoms with van der Waals surface area (Å²) < 4.78 is 5.36. The van der Waals surface area contributed by atoms with Crippen LogP contribution in [0.5, 0.6) is 0 Å². The third kappa shape index (κ3) is 1.74. The molecule has 2 aliphatic rings. The number of nitrogens with zero attached hydrogens (tertiary/aromatic N) is 1. The van der Waals surface area contributed by atoms with Gasteiger partial charge in [0.1, 0.15) is 0 Å². The van der Waals surface area contributed by atoms with E-state index in [1.807, 2.05) is 0 Å². The third-order valence-corrected chi connectivity index (χ3v) is 3.54. The molecule has 0 saturated carbocycles. The van der Waals surface area contributed by atoms with E-state index in [-0.39, 0.29) is 0 Å². The Balaban J connectivity index is 1.94. The van der Waals surface area contributed by atoms with Gasteiger partial charge in [0.25, 0.3) is 0 Å². The first kappa shape index (κ1) is 10.2. The number of benzene rings is 1. The Morgan fingerprint density at radius 2 is 2.06 bits per heavy atom. The molecule has 0 radical (unpaired) electrons. The minimum absolute atomic E-state index is 0.797. The zero-order chi connectivity index (χ0) is 11.0. The van der Waals surface area contributed by atoms with Crippen molar-refractivity contribution >= 4 is 23.0 Å². The molecule has 1 saturated heterocycles. The Kier molecular flexibility index (Phi) is 2.65. The molecule has 0 aromatic heterocycles. The number of nitrogens with one attached hydrogen (secondary N) is 1. The lowest BCUT2D eigenvalue weighted by atomic mass is 10.1. The number of rotatable bonds is 1. The highest BCUT2D eigenvalue weighted by molar-refractivity contribution is 6.33. The summed E-state index contributed by atoms with van der Waals surface area (Å²) >= 11 is 6.32. The molecule has 1 fully saturated rings. The summed E-state index contributed by atoms with van der Waals surface area (Å²) in [7, 11) is 0. The van der Waals surface area contributed by atoms with Gasteiger partial charge in [0.2, 0.25) is 0 Å². The Labute approximate surface area is 100 Å². The molecule has 0 unspecified atom stereocenters. The van der Waals surface area contributed by atoms with Crippen molar-refractivity contribution in [2.45, 2.75) is 6.42 Å². The first-order valence-corrected chi connectivity index (χ1v) is 6.11. The Morgan fingerprint density at radius 1 is 1.25 bits per heavy atom. The molecule has 0 aliphatic carbocycles. The fourth-order valence-corrected chi connectivity index (χ4v) is 2.64. The van der Waals surface area contributed by atoms with Crippen LogP contribution >= 0.6 is 11.6 Å². The van der Waals surface area contributed by atoms with Crippen LogP contribution in [-0.2, 0) is 11.2 Å². The van der Waals surface area contributed by atoms with E-state index in [2.05, 4.69) is 22.3 Å². The van der Waals surface area contributed by atoms with Crippen LogP contribution in [0.3, 0.4) is 0 Å². The molecule has 3 rings (SSSR count). The standard InChI is InChI=1S/C12H15ClN2O/c13-10-8-11-9(1-2-14-11)7-12(10)15-3-5-16-6-4-15/h7-8,14H,1-6H2. The fourth-order valence-electron chi connectivity index (χ4n) is 2.35. The van der Waals surface area contributed by atoms with Crippen LogP contribution in [0.1, 0.15) is 5.56 Å². The second-order valence-electron chi connectivity index (χ2n) is 4.24. The second-order valence-corrected chi connectivity index (χ2v) is 4.64. The average molecular weight is 239 g/mol. The molecule has 86 valence electrons. The lowest BCUT2D eigenvalue weighted by molar-refractivity contribution is 0.122. The van der Waals surface area contributed by atoms with Gasteiger partial charge in [-0.2, -0.15) is 0 Å². The van der Waals surface area contributed by atoms with Gasteiger partial charge in [-0.15, -0.1) is 0 Å². The predicted octanol–water partition coefficient (Wildman–Crippen LogP) is 2.14. The summed E-state index contributed by atoms with van der Waals surface area (Å²) in [6, 6.07) is 4.28. The highest BCUT2D eigenvalue weighted by atomic mass is 35.5. The number of halogens is 1. The van der Waals surface area contributed by atoms with Gasteiger partial charge in [-0.1, -0.05) is 11.6 Å². The molecule has 1 aromatic carbocycles. The lowest BCUT2D eigenvalue weighted by Crippen LogP contribution is -2.36. The SMILES string of the molecule is Clc1cc2c(cc1N1CCOCC1)CCN2. The zero-order valence-corrected chi connectivity index (χ0v) is 9.89. The maximum absolute atomic E-state index is 6.32. The molecule has 0 spiro atoms. The van der Waals surface area contributed by atoms with E-state index in [0.717, 1.165) is 50.0 Å². The maximum atomic E-state index is 6.32. The number of anilines is 2. The Hall–Kier alpha value is -0.930. The molecular formula is C12H15ClN2O. The van der Waals surface area contributed by atoms with E-state index in [1.54, 1.807) is 0 Å². The van der Waals surface area contributed by atoms with Crippen LogP contribution in [0.4, 0.5) is 11.4 Å². The molecule has 0 amide bonds. The van der Waals surface area contributed by atoms with Crippen molar-refractivity contribution in [3.05, 3.63) is 22.7 Å². The van der Waals surface area contributed by atoms with Gasteiger partial charge in [0.15, 0.2) is 0 Å². The minimum atomic E-state index is 0.797. The van der Waals surface area contributed by atoms with Crippen LogP contribution in [0, 0.1) is 0 Å². The van der Waals surface area contributed by atoms with E-state index >= 15 is 0 Å². The van der Waals surface area contributed by atoms with Gasteiger partial charge in [-0.05, 0) is 24.1 Å². The number of ether oxygens (including phenoxy) is 1. The molecule has 2 heterocycles. The number of hydrogen-bond donors (Lipinski definition) is 1. The second kappa shape index (κ2) is 4.15. The van der Waals surface area contributed by atoms with Gasteiger partial charge in [-0.25, -0.2) is 0 Å². The Morgan fingerprint density at radius 3 is 2.88 bits per heavy atom. The van der Waals surface area contributed by atoms with Crippen molar-refractivity contribution in [2.75, 3.05) is 43.1 Å². The topological polar surface area (TPSA) is 24.5 Å². The zero-order valence-electron chi connectivity index (χ0n) is 9.13. The molecule has 1 N–H and O–H groups in total. The highest BCUT2D eigenvalue weighted by Crippen LogP contribution is 2.34. The summed E-state index contributed by atoms with van der Waals surface area (Å²) in [5.41, 5.74) is 3.74. The van der Waals surface area contributed by atoms with Gasteiger partial charge < -0.3 is 15.0 Å². The van der Waals surface area contributed by atoms with Gasteiger partial charge in [0, 0.05) is 25.3 Å². The van der Waals surface area contributed by atoms with Gasteiger partial charge in [-0.3, -0.25) is 0 Å². The van der Waals surface area contributed by atoms with Crippen molar-refractivity contribution < 1.29 is 4.74 Å². The highest BCUT2D eigenvalue weighted by Gasteiger charge is 2.18. The molecule has 0 atom stereocenters. The van der Waals surface area contributed by atoms with Crippen molar-refractivity contribution in [3.8, 4) is 0 Å². The normalized spacial score (nSPS) is 19.4. The average Bonchev–Trinajstić information content (AvgIpc) is 2.76. The quantitative estimate of drug-likeness (QED) is 0.812. The largest absolute Gasteiger partial charge is 0.384 e. The smallest absolute Gasteiger partial charge is 0.0660 e. The van der Waals surface area contributed by atoms with Crippen molar-refractivity contribution in [3.63, 3.8) is 0 Å². The van der Waals surface area contributed by atoms with Crippen molar-refractivity contribution in [2.24, 2.45) is 0 Å². The van der Waals surface area contributed by atoms with Crippen LogP contribution in [0.25, 0.3) is 0 Å². The number of hydrogen-bond acceptors (Lipinski definition) is 3. The predicted molar refractivity (Wildman–Crippen MR) is 66.7 cm³/mol. The monoisotopic (exact) mass is 238 g/mol. The molecule has 16 heavy (non-hydrogen) atoms. The number of fused-ring (bicyclic) bond motifs is 1. The fraction of sp³-hybridized carbons (Fsp3) is 0.500. The Bertz CT molecular complexity index is 402. The molecule has 3 nitrogen and oxygen atoms in total. The molecular weight excluding hydrogens is 224 g/mol. The number of morpholine rings is 1. The lowest BCUT2D eigenvalue weighted by Gasteiger charge is -2.30. The van der Waals surface area contributed by atoms with Crippen LogP contribution in [0.15, 0.2) is 12.1 Å². The summed E-state index contributed by atoms with van der Waals surface area (Å²) in [5.74, 6) is 0. The summed E-state index contributed by atoms with van der Waals surface area (Å²) in [6.07, 6.45) is 1.10. The van der Waals surface area contributed by atoms with Gasteiger partial charge >= 0.3 is 0 Å². The van der Waals surface area contributed by atoms with E-state index in [0.29, 0.717) is 0 Å². The first-order chi connectivity index (χ1) is 7.84. The molecule has 0 bridgehead atoms. The van der Waals surface area contributed by atoms with E-state index in [1.165, 1.54) is 11.3 Å². The van der Waals surface area contributed by atoms with Crippen molar-refractivity contribution in [1.82, 2.24) is 0 Å². The van der Waals surface area contributed by atoms with E-state index in [4.69, 9.17) is 16.3 Å². The van der Waals surface area contributed by atoms with Crippen LogP contribution in [-0.4, -0.2) is 32.8 Å². The molecule has 4 heteroatoms. The summed E-state index contributed by atoms with van der Waals surface area (Å²) in [4.78, 5) is 2.31. The third-order valence-electron chi connectivity index (χ3n) is 3.23. The minimum Gasteiger partial charge on any atom is -0.384 e. The van der Waals surface area contributed by atoms with Crippen LogP contribution in [0.2, 0.25) is 5.02 Å². The van der Waals surface area contributed by atoms with E-state index < -0.39 is 0 Å². The summed E-state index contributed by atoms with van der Waals surface area (Å²) in [5, 5.41) is 4.19. The van der Waals surface area contributed by atoms with Crippen molar-refractivity contribution in [1.29, 1.82) is 0 Å². The van der Waals surface area contributed by atoms with E-state index in [9.17, 15) is 0 Å². The summed E-state index contributed by atoms with van der Waals surface area (Å²) in [6.45, 7) is 4.49. The first-order valence-electron chi connectivity index (χ1n) is 5.73. The van der Waals surface area contributed by atoms with Crippen LogP contribution < -0.4 is 10.2 Å². The maximum Gasteiger partial charge on any atom is 0.0660 e. The van der Waals surface area contributed by atoms with Gasteiger partial charge in [0.05, 0.1) is 23.9 Å². The molecule has 1 aromatic rings. The molecule has 2 aliphatic heterocycles.